The molecule has 1 saturated heterocycles. The van der Waals surface area contributed by atoms with E-state index in [9.17, 15) is 9.59 Å². The van der Waals surface area contributed by atoms with E-state index in [2.05, 4.69) is 4.98 Å². The van der Waals surface area contributed by atoms with E-state index in [1.165, 1.54) is 12.3 Å². The molecule has 1 amide bonds. The summed E-state index contributed by atoms with van der Waals surface area (Å²) in [6.07, 6.45) is 1.53. The molecule has 1 fully saturated rings. The lowest BCUT2D eigenvalue weighted by Crippen LogP contribution is -2.42. The largest absolute Gasteiger partial charge is 0.364 e. The number of benzene rings is 1. The van der Waals surface area contributed by atoms with Crippen molar-refractivity contribution in [3.8, 4) is 0 Å². The summed E-state index contributed by atoms with van der Waals surface area (Å²) < 4.78 is 0. The first-order valence-corrected chi connectivity index (χ1v) is 8.45. The van der Waals surface area contributed by atoms with Crippen molar-refractivity contribution in [2.24, 2.45) is 0 Å². The molecule has 1 N–H and O–H groups in total. The van der Waals surface area contributed by atoms with Crippen molar-refractivity contribution >= 4 is 17.7 Å². The third kappa shape index (κ3) is 2.95. The molecule has 0 unspecified atom stereocenters. The number of H-pyrrole nitrogens is 1. The number of amides is 1. The molecular weight excluding hydrogens is 296 g/mol. The van der Waals surface area contributed by atoms with Crippen LogP contribution in [0.3, 0.4) is 0 Å². The van der Waals surface area contributed by atoms with Gasteiger partial charge >= 0.3 is 0 Å². The second-order valence-electron chi connectivity index (χ2n) is 5.39. The lowest BCUT2D eigenvalue weighted by Gasteiger charge is -2.35. The van der Waals surface area contributed by atoms with Crippen LogP contribution in [-0.2, 0) is 0 Å². The van der Waals surface area contributed by atoms with Crippen LogP contribution in [0.1, 0.15) is 27.7 Å². The van der Waals surface area contributed by atoms with Gasteiger partial charge < -0.3 is 9.88 Å². The van der Waals surface area contributed by atoms with Crippen LogP contribution in [-0.4, -0.2) is 33.8 Å². The SMILES string of the molecule is Cc1cc(=O)c(C(=O)N2CCSC[C@H]2c2ccccc2)c[nH]1. The second kappa shape index (κ2) is 6.40. The average molecular weight is 314 g/mol. The minimum absolute atomic E-state index is 0.0214. The van der Waals surface area contributed by atoms with E-state index in [1.54, 1.807) is 6.92 Å². The van der Waals surface area contributed by atoms with E-state index >= 15 is 0 Å². The highest BCUT2D eigenvalue weighted by Gasteiger charge is 2.30. The Balaban J connectivity index is 1.93. The maximum absolute atomic E-state index is 12.8. The Kier molecular flexibility index (Phi) is 4.34. The fraction of sp³-hybridized carbons (Fsp3) is 0.294. The van der Waals surface area contributed by atoms with Crippen molar-refractivity contribution in [2.45, 2.75) is 13.0 Å². The number of aromatic nitrogens is 1. The Morgan fingerprint density at radius 3 is 2.82 bits per heavy atom. The molecule has 1 atom stereocenters. The molecule has 4 nitrogen and oxygen atoms in total. The van der Waals surface area contributed by atoms with Crippen LogP contribution in [0.2, 0.25) is 0 Å². The molecule has 0 bridgehead atoms. The predicted octanol–water partition coefficient (Wildman–Crippen LogP) is 2.61. The Hall–Kier alpha value is -2.01. The molecule has 0 saturated carbocycles. The maximum atomic E-state index is 12.8. The van der Waals surface area contributed by atoms with Crippen LogP contribution in [0.15, 0.2) is 47.4 Å². The van der Waals surface area contributed by atoms with Crippen LogP contribution in [0.5, 0.6) is 0 Å². The first-order valence-electron chi connectivity index (χ1n) is 7.30. The van der Waals surface area contributed by atoms with Gasteiger partial charge in [-0.15, -0.1) is 0 Å². The van der Waals surface area contributed by atoms with Crippen LogP contribution in [0, 0.1) is 6.92 Å². The minimum atomic E-state index is -0.216. The predicted molar refractivity (Wildman–Crippen MR) is 89.3 cm³/mol. The van der Waals surface area contributed by atoms with Gasteiger partial charge in [-0.3, -0.25) is 9.59 Å². The van der Waals surface area contributed by atoms with Crippen LogP contribution in [0.4, 0.5) is 0 Å². The van der Waals surface area contributed by atoms with Crippen molar-refractivity contribution in [2.75, 3.05) is 18.1 Å². The zero-order chi connectivity index (χ0) is 15.5. The van der Waals surface area contributed by atoms with Gasteiger partial charge in [0.1, 0.15) is 5.56 Å². The van der Waals surface area contributed by atoms with Gasteiger partial charge in [0, 0.05) is 36.0 Å². The molecule has 2 heterocycles. The zero-order valence-electron chi connectivity index (χ0n) is 12.4. The van der Waals surface area contributed by atoms with Crippen molar-refractivity contribution in [3.05, 3.63) is 69.6 Å². The molecule has 0 spiro atoms. The molecule has 2 aromatic rings. The van der Waals surface area contributed by atoms with Crippen molar-refractivity contribution in [1.82, 2.24) is 9.88 Å². The molecule has 3 rings (SSSR count). The van der Waals surface area contributed by atoms with Gasteiger partial charge in [0.25, 0.3) is 5.91 Å². The van der Waals surface area contributed by atoms with Gasteiger partial charge in [-0.25, -0.2) is 0 Å². The molecule has 5 heteroatoms. The fourth-order valence-electron chi connectivity index (χ4n) is 2.69. The number of hydrogen-bond donors (Lipinski definition) is 1. The fourth-order valence-corrected chi connectivity index (χ4v) is 3.78. The molecule has 1 aliphatic rings. The first kappa shape index (κ1) is 14.9. The Labute approximate surface area is 133 Å². The smallest absolute Gasteiger partial charge is 0.259 e. The molecule has 0 aliphatic carbocycles. The Bertz CT molecular complexity index is 727. The number of aromatic amines is 1. The number of carbonyl (C=O) groups excluding carboxylic acids is 1. The number of aryl methyl sites for hydroxylation is 1. The third-order valence-corrected chi connectivity index (χ3v) is 4.88. The van der Waals surface area contributed by atoms with Gasteiger partial charge in [0.05, 0.1) is 6.04 Å². The number of nitrogens with zero attached hydrogens (tertiary/aromatic N) is 1. The maximum Gasteiger partial charge on any atom is 0.259 e. The number of pyridine rings is 1. The molecule has 22 heavy (non-hydrogen) atoms. The summed E-state index contributed by atoms with van der Waals surface area (Å²) in [5.41, 5.74) is 1.88. The van der Waals surface area contributed by atoms with Crippen LogP contribution < -0.4 is 5.43 Å². The normalized spacial score (nSPS) is 18.2. The van der Waals surface area contributed by atoms with E-state index in [-0.39, 0.29) is 22.9 Å². The lowest BCUT2D eigenvalue weighted by atomic mass is 10.1. The topological polar surface area (TPSA) is 53.2 Å². The summed E-state index contributed by atoms with van der Waals surface area (Å²) in [5, 5.41) is 0. The van der Waals surface area contributed by atoms with E-state index in [1.807, 2.05) is 47.0 Å². The molecule has 1 aliphatic heterocycles. The highest BCUT2D eigenvalue weighted by atomic mass is 32.2. The number of carbonyl (C=O) groups is 1. The van der Waals surface area contributed by atoms with Crippen LogP contribution in [0.25, 0.3) is 0 Å². The molecule has 114 valence electrons. The monoisotopic (exact) mass is 314 g/mol. The van der Waals surface area contributed by atoms with E-state index in [0.717, 1.165) is 22.8 Å². The minimum Gasteiger partial charge on any atom is -0.364 e. The number of nitrogens with one attached hydrogen (secondary N) is 1. The highest BCUT2D eigenvalue weighted by Crippen LogP contribution is 2.30. The Morgan fingerprint density at radius 1 is 1.32 bits per heavy atom. The van der Waals surface area contributed by atoms with Crippen molar-refractivity contribution < 1.29 is 4.79 Å². The molecular formula is C17H18N2O2S. The van der Waals surface area contributed by atoms with E-state index < -0.39 is 0 Å². The van der Waals surface area contributed by atoms with Gasteiger partial charge in [-0.2, -0.15) is 11.8 Å². The molecule has 1 aromatic carbocycles. The first-order chi connectivity index (χ1) is 10.7. The summed E-state index contributed by atoms with van der Waals surface area (Å²) in [6.45, 7) is 2.47. The summed E-state index contributed by atoms with van der Waals surface area (Å²) in [6, 6.07) is 11.5. The highest BCUT2D eigenvalue weighted by molar-refractivity contribution is 7.99. The van der Waals surface area contributed by atoms with Crippen molar-refractivity contribution in [3.63, 3.8) is 0 Å². The third-order valence-electron chi connectivity index (χ3n) is 3.86. The Morgan fingerprint density at radius 2 is 2.09 bits per heavy atom. The summed E-state index contributed by atoms with van der Waals surface area (Å²) in [7, 11) is 0. The van der Waals surface area contributed by atoms with E-state index in [0.29, 0.717) is 6.54 Å². The average Bonchev–Trinajstić information content (AvgIpc) is 2.55. The van der Waals surface area contributed by atoms with Gasteiger partial charge in [-0.05, 0) is 12.5 Å². The zero-order valence-corrected chi connectivity index (χ0v) is 13.2. The summed E-state index contributed by atoms with van der Waals surface area (Å²) >= 11 is 1.84. The van der Waals surface area contributed by atoms with Gasteiger partial charge in [-0.1, -0.05) is 30.3 Å². The van der Waals surface area contributed by atoms with E-state index in [4.69, 9.17) is 0 Å². The molecule has 0 radical (unpaired) electrons. The quantitative estimate of drug-likeness (QED) is 0.927. The van der Waals surface area contributed by atoms with Crippen LogP contribution >= 0.6 is 11.8 Å². The second-order valence-corrected chi connectivity index (χ2v) is 6.54. The summed E-state index contributed by atoms with van der Waals surface area (Å²) in [5.74, 6) is 1.58. The number of thioether (sulfide) groups is 1. The van der Waals surface area contributed by atoms with Gasteiger partial charge in [0.2, 0.25) is 0 Å². The van der Waals surface area contributed by atoms with Gasteiger partial charge in [0.15, 0.2) is 5.43 Å². The molecule has 1 aromatic heterocycles. The number of rotatable bonds is 2. The number of hydrogen-bond acceptors (Lipinski definition) is 3. The lowest BCUT2D eigenvalue weighted by molar-refractivity contribution is 0.0699. The standard InChI is InChI=1S/C17H18N2O2S/c1-12-9-16(20)14(10-18-12)17(21)19-7-8-22-11-15(19)13-5-3-2-4-6-13/h2-6,9-10,15H,7-8,11H2,1H3,(H,18,20)/t15-/m0/s1. The summed E-state index contributed by atoms with van der Waals surface area (Å²) in [4.78, 5) is 29.7. The van der Waals surface area contributed by atoms with Crippen molar-refractivity contribution in [1.29, 1.82) is 0 Å².